The molecule has 0 radical (unpaired) electrons. The summed E-state index contributed by atoms with van der Waals surface area (Å²) < 4.78 is 6.15. The van der Waals surface area contributed by atoms with E-state index in [9.17, 15) is 0 Å². The van der Waals surface area contributed by atoms with Gasteiger partial charge in [0.25, 0.3) is 0 Å². The molecule has 2 nitrogen and oxygen atoms in total. The third kappa shape index (κ3) is 2.80. The maximum absolute atomic E-state index is 6.15. The van der Waals surface area contributed by atoms with Crippen molar-refractivity contribution in [2.45, 2.75) is 38.5 Å². The average Bonchev–Trinajstić information content (AvgIpc) is 2.59. The molecule has 2 aromatic carbocycles. The van der Waals surface area contributed by atoms with Crippen molar-refractivity contribution in [1.29, 1.82) is 0 Å². The zero-order valence-corrected chi connectivity index (χ0v) is 11.6. The Hall–Kier alpha value is -1.38. The van der Waals surface area contributed by atoms with Crippen molar-refractivity contribution in [3.63, 3.8) is 0 Å². The van der Waals surface area contributed by atoms with Gasteiger partial charge in [0.15, 0.2) is 0 Å². The Balaban J connectivity index is 1.90. The van der Waals surface area contributed by atoms with Crippen molar-refractivity contribution < 1.29 is 4.74 Å². The highest BCUT2D eigenvalue weighted by Gasteiger charge is 2.22. The zero-order chi connectivity index (χ0) is 13.2. The lowest BCUT2D eigenvalue weighted by Crippen LogP contribution is -2.27. The third-order valence-corrected chi connectivity index (χ3v) is 3.88. The van der Waals surface area contributed by atoms with E-state index in [1.165, 1.54) is 16.3 Å². The molecule has 0 amide bonds. The predicted molar refractivity (Wildman–Crippen MR) is 79.3 cm³/mol. The number of nitrogens with one attached hydrogen (secondary N) is 1. The molecule has 0 bridgehead atoms. The molecule has 1 aliphatic rings. The minimum absolute atomic E-state index is 0.157. The largest absolute Gasteiger partial charge is 0.369 e. The van der Waals surface area contributed by atoms with E-state index in [4.69, 9.17) is 4.74 Å². The summed E-state index contributed by atoms with van der Waals surface area (Å²) in [7, 11) is 0. The average molecular weight is 255 g/mol. The van der Waals surface area contributed by atoms with Gasteiger partial charge in [-0.2, -0.15) is 0 Å². The van der Waals surface area contributed by atoms with E-state index in [1.54, 1.807) is 0 Å². The number of fused-ring (bicyclic) bond motifs is 1. The summed E-state index contributed by atoms with van der Waals surface area (Å²) in [6.45, 7) is 5.28. The Morgan fingerprint density at radius 2 is 1.84 bits per heavy atom. The summed E-state index contributed by atoms with van der Waals surface area (Å²) in [4.78, 5) is 0. The molecule has 2 heteroatoms. The van der Waals surface area contributed by atoms with Crippen molar-refractivity contribution in [3.8, 4) is 0 Å². The number of rotatable bonds is 1. The summed E-state index contributed by atoms with van der Waals surface area (Å²) in [5.74, 6) is 0. The van der Waals surface area contributed by atoms with Crippen LogP contribution in [0.25, 0.3) is 10.8 Å². The topological polar surface area (TPSA) is 21.3 Å². The Bertz CT molecular complexity index is 566. The fourth-order valence-electron chi connectivity index (χ4n) is 2.88. The Labute approximate surface area is 114 Å². The van der Waals surface area contributed by atoms with Crippen LogP contribution >= 0.6 is 0 Å². The number of hydrogen-bond acceptors (Lipinski definition) is 2. The second-order valence-electron chi connectivity index (χ2n) is 5.59. The fraction of sp³-hybridized carbons (Fsp3) is 0.412. The number of ether oxygens (including phenoxy) is 1. The van der Waals surface area contributed by atoms with Gasteiger partial charge in [0, 0.05) is 12.6 Å². The molecule has 3 atom stereocenters. The Morgan fingerprint density at radius 1 is 1.05 bits per heavy atom. The molecule has 1 aliphatic heterocycles. The van der Waals surface area contributed by atoms with Gasteiger partial charge >= 0.3 is 0 Å². The summed E-state index contributed by atoms with van der Waals surface area (Å²) in [5, 5.41) is 6.12. The van der Waals surface area contributed by atoms with Gasteiger partial charge in [-0.3, -0.25) is 0 Å². The van der Waals surface area contributed by atoms with Crippen molar-refractivity contribution in [1.82, 2.24) is 5.32 Å². The minimum atomic E-state index is 0.157. The van der Waals surface area contributed by atoms with E-state index in [1.807, 2.05) is 0 Å². The van der Waals surface area contributed by atoms with E-state index < -0.39 is 0 Å². The molecule has 0 saturated carbocycles. The molecule has 3 rings (SSSR count). The highest BCUT2D eigenvalue weighted by atomic mass is 16.5. The number of hydrogen-bond donors (Lipinski definition) is 1. The van der Waals surface area contributed by atoms with Crippen molar-refractivity contribution in [2.24, 2.45) is 0 Å². The molecule has 1 N–H and O–H groups in total. The van der Waals surface area contributed by atoms with Crippen LogP contribution in [0.5, 0.6) is 0 Å². The van der Waals surface area contributed by atoms with Crippen LogP contribution < -0.4 is 5.32 Å². The van der Waals surface area contributed by atoms with Crippen molar-refractivity contribution in [3.05, 3.63) is 48.0 Å². The molecule has 19 heavy (non-hydrogen) atoms. The van der Waals surface area contributed by atoms with Gasteiger partial charge in [0.05, 0.1) is 12.2 Å². The molecule has 0 spiro atoms. The van der Waals surface area contributed by atoms with E-state index in [0.29, 0.717) is 12.1 Å². The fourth-order valence-corrected chi connectivity index (χ4v) is 2.88. The van der Waals surface area contributed by atoms with Crippen LogP contribution in [0.15, 0.2) is 42.5 Å². The van der Waals surface area contributed by atoms with Gasteiger partial charge in [0.2, 0.25) is 0 Å². The molecule has 0 aromatic heterocycles. The molecule has 3 unspecified atom stereocenters. The quantitative estimate of drug-likeness (QED) is 0.839. The lowest BCUT2D eigenvalue weighted by Gasteiger charge is -2.19. The second-order valence-corrected chi connectivity index (χ2v) is 5.59. The Kier molecular flexibility index (Phi) is 3.54. The first-order valence-corrected chi connectivity index (χ1v) is 7.10. The first kappa shape index (κ1) is 12.6. The highest BCUT2D eigenvalue weighted by Crippen LogP contribution is 2.26. The lowest BCUT2D eigenvalue weighted by molar-refractivity contribution is 0.00725. The molecule has 2 aromatic rings. The highest BCUT2D eigenvalue weighted by molar-refractivity contribution is 5.83. The smallest absolute Gasteiger partial charge is 0.0953 e. The summed E-state index contributed by atoms with van der Waals surface area (Å²) in [6.07, 6.45) is 1.54. The van der Waals surface area contributed by atoms with E-state index in [-0.39, 0.29) is 6.10 Å². The molecule has 1 saturated heterocycles. The lowest BCUT2D eigenvalue weighted by atomic mass is 10.0. The molecule has 1 heterocycles. The van der Waals surface area contributed by atoms with Crippen molar-refractivity contribution in [2.75, 3.05) is 6.54 Å². The van der Waals surface area contributed by atoms with Gasteiger partial charge in [-0.15, -0.1) is 0 Å². The SMILES string of the molecule is CC1CC(C)OC(c2ccc3ccccc3c2)CN1. The summed E-state index contributed by atoms with van der Waals surface area (Å²) >= 11 is 0. The van der Waals surface area contributed by atoms with Gasteiger partial charge in [0.1, 0.15) is 0 Å². The van der Waals surface area contributed by atoms with E-state index in [2.05, 4.69) is 61.6 Å². The first-order chi connectivity index (χ1) is 9.22. The molecule has 100 valence electrons. The zero-order valence-electron chi connectivity index (χ0n) is 11.6. The van der Waals surface area contributed by atoms with Gasteiger partial charge < -0.3 is 10.1 Å². The van der Waals surface area contributed by atoms with Crippen LogP contribution in [-0.4, -0.2) is 18.7 Å². The Morgan fingerprint density at radius 3 is 2.68 bits per heavy atom. The van der Waals surface area contributed by atoms with Crippen LogP contribution in [0.2, 0.25) is 0 Å². The van der Waals surface area contributed by atoms with Crippen LogP contribution in [-0.2, 0) is 4.74 Å². The van der Waals surface area contributed by atoms with Crippen LogP contribution in [0.3, 0.4) is 0 Å². The van der Waals surface area contributed by atoms with Crippen LogP contribution in [0.4, 0.5) is 0 Å². The minimum Gasteiger partial charge on any atom is -0.369 e. The third-order valence-electron chi connectivity index (χ3n) is 3.88. The van der Waals surface area contributed by atoms with Gasteiger partial charge in [-0.25, -0.2) is 0 Å². The monoisotopic (exact) mass is 255 g/mol. The standard InChI is InChI=1S/C17H21NO/c1-12-9-13(2)19-17(11-18-12)16-8-7-14-5-3-4-6-15(14)10-16/h3-8,10,12-13,17-18H,9,11H2,1-2H3. The predicted octanol–water partition coefficient (Wildman–Crippen LogP) is 3.67. The normalized spacial score (nSPS) is 28.2. The maximum atomic E-state index is 6.15. The molecular formula is C17H21NO. The second kappa shape index (κ2) is 5.32. The first-order valence-electron chi connectivity index (χ1n) is 7.10. The van der Waals surface area contributed by atoms with Crippen molar-refractivity contribution >= 4 is 10.8 Å². The summed E-state index contributed by atoms with van der Waals surface area (Å²) in [5.41, 5.74) is 1.27. The van der Waals surface area contributed by atoms with Gasteiger partial charge in [-0.1, -0.05) is 36.4 Å². The molecule has 1 fully saturated rings. The molecular weight excluding hydrogens is 234 g/mol. The van der Waals surface area contributed by atoms with E-state index in [0.717, 1.165) is 13.0 Å². The number of benzene rings is 2. The van der Waals surface area contributed by atoms with E-state index >= 15 is 0 Å². The molecule has 0 aliphatic carbocycles. The van der Waals surface area contributed by atoms with Gasteiger partial charge in [-0.05, 0) is 42.7 Å². The maximum Gasteiger partial charge on any atom is 0.0953 e. The van der Waals surface area contributed by atoms with Crippen LogP contribution in [0.1, 0.15) is 31.9 Å². The summed E-state index contributed by atoms with van der Waals surface area (Å²) in [6, 6.07) is 15.6. The van der Waals surface area contributed by atoms with Crippen LogP contribution in [0, 0.1) is 0 Å².